The minimum absolute atomic E-state index is 0.366. The lowest BCUT2D eigenvalue weighted by Gasteiger charge is -2.00. The molecule has 3 nitrogen and oxygen atoms in total. The summed E-state index contributed by atoms with van der Waals surface area (Å²) in [5.74, 6) is -0.366. The van der Waals surface area contributed by atoms with Gasteiger partial charge in [0.25, 0.3) is 5.91 Å². The van der Waals surface area contributed by atoms with Gasteiger partial charge in [0.1, 0.15) is 0 Å². The van der Waals surface area contributed by atoms with E-state index < -0.39 is 0 Å². The van der Waals surface area contributed by atoms with Crippen molar-refractivity contribution in [2.75, 3.05) is 0 Å². The first-order chi connectivity index (χ1) is 4.57. The first-order valence-electron chi connectivity index (χ1n) is 2.67. The molecule has 0 N–H and O–H groups in total. The molecule has 0 bridgehead atoms. The van der Waals surface area contributed by atoms with Crippen molar-refractivity contribution < 1.29 is 9.59 Å². The average molecular weight is 206 g/mol. The Morgan fingerprint density at radius 2 is 2.00 bits per heavy atom. The molecule has 56 valence electrons. The smallest absolute Gasteiger partial charge is 0.263 e. The number of rotatable bonds is 2. The van der Waals surface area contributed by atoms with Gasteiger partial charge in [0.15, 0.2) is 0 Å². The Morgan fingerprint density at radius 1 is 1.50 bits per heavy atom. The molecule has 0 aliphatic carbocycles. The summed E-state index contributed by atoms with van der Waals surface area (Å²) >= 11 is 2.74. The molecule has 2 amide bonds. The Balaban J connectivity index is 4.10. The summed E-state index contributed by atoms with van der Waals surface area (Å²) in [5, 5.41) is 0. The predicted octanol–water partition coefficient (Wildman–Crippen LogP) is 1.25. The van der Waals surface area contributed by atoms with Crippen molar-refractivity contribution in [2.45, 2.75) is 13.8 Å². The van der Waals surface area contributed by atoms with Crippen molar-refractivity contribution in [3.8, 4) is 0 Å². The zero-order chi connectivity index (χ0) is 8.15. The molecular formula is C6H8BrNO2. The van der Waals surface area contributed by atoms with Crippen LogP contribution < -0.4 is 0 Å². The van der Waals surface area contributed by atoms with Crippen LogP contribution in [0.4, 0.5) is 0 Å². The summed E-state index contributed by atoms with van der Waals surface area (Å²) in [6.07, 6.45) is 1.77. The van der Waals surface area contributed by atoms with E-state index in [9.17, 15) is 9.59 Å². The topological polar surface area (TPSA) is 37.4 Å². The van der Waals surface area contributed by atoms with Gasteiger partial charge in [-0.05, 0) is 13.8 Å². The summed E-state index contributed by atoms with van der Waals surface area (Å²) in [4.78, 5) is 20.7. The van der Waals surface area contributed by atoms with E-state index in [1.54, 1.807) is 13.8 Å². The van der Waals surface area contributed by atoms with Gasteiger partial charge in [-0.25, -0.2) is 3.93 Å². The van der Waals surface area contributed by atoms with E-state index in [1.165, 1.54) is 6.08 Å². The summed E-state index contributed by atoms with van der Waals surface area (Å²) in [7, 11) is 0. The van der Waals surface area contributed by atoms with Crippen molar-refractivity contribution in [1.82, 2.24) is 3.93 Å². The average Bonchev–Trinajstić information content (AvgIpc) is 1.85. The number of allylic oxidation sites excluding steroid dienone is 1. The maximum Gasteiger partial charge on any atom is 0.263 e. The van der Waals surface area contributed by atoms with E-state index in [0.29, 0.717) is 6.41 Å². The molecule has 0 unspecified atom stereocenters. The summed E-state index contributed by atoms with van der Waals surface area (Å²) < 4.78 is 0.806. The van der Waals surface area contributed by atoms with E-state index in [4.69, 9.17) is 0 Å². The number of halogens is 1. The Morgan fingerprint density at radius 3 is 2.30 bits per heavy atom. The Hall–Kier alpha value is -0.640. The van der Waals surface area contributed by atoms with Crippen molar-refractivity contribution in [1.29, 1.82) is 0 Å². The summed E-state index contributed by atoms with van der Waals surface area (Å²) in [5.41, 5.74) is 0.858. The van der Waals surface area contributed by atoms with Crippen molar-refractivity contribution in [3.05, 3.63) is 11.6 Å². The fraction of sp³-hybridized carbons (Fsp3) is 0.333. The largest absolute Gasteiger partial charge is 0.277 e. The highest BCUT2D eigenvalue weighted by atomic mass is 79.9. The summed E-state index contributed by atoms with van der Waals surface area (Å²) in [6.45, 7) is 3.56. The molecule has 0 fully saturated rings. The van der Waals surface area contributed by atoms with Crippen LogP contribution in [-0.2, 0) is 9.59 Å². The Bertz CT molecular complexity index is 173. The maximum atomic E-state index is 10.8. The number of carbonyl (C=O) groups is 2. The minimum atomic E-state index is -0.366. The number of amides is 2. The van der Waals surface area contributed by atoms with Gasteiger partial charge in [-0.2, -0.15) is 0 Å². The number of carbonyl (C=O) groups excluding carboxylic acids is 2. The third-order valence-electron chi connectivity index (χ3n) is 0.715. The van der Waals surface area contributed by atoms with Gasteiger partial charge < -0.3 is 0 Å². The minimum Gasteiger partial charge on any atom is -0.277 e. The van der Waals surface area contributed by atoms with Gasteiger partial charge in [0, 0.05) is 6.08 Å². The number of imide groups is 1. The fourth-order valence-corrected chi connectivity index (χ4v) is 0.463. The van der Waals surface area contributed by atoms with E-state index in [1.807, 2.05) is 0 Å². The van der Waals surface area contributed by atoms with Crippen molar-refractivity contribution in [3.63, 3.8) is 0 Å². The zero-order valence-electron chi connectivity index (χ0n) is 5.80. The molecule has 10 heavy (non-hydrogen) atoms. The zero-order valence-corrected chi connectivity index (χ0v) is 7.38. The molecule has 4 heteroatoms. The molecule has 0 spiro atoms. The van der Waals surface area contributed by atoms with Gasteiger partial charge in [-0.1, -0.05) is 5.57 Å². The lowest BCUT2D eigenvalue weighted by molar-refractivity contribution is -0.127. The predicted molar refractivity (Wildman–Crippen MR) is 41.3 cm³/mol. The SMILES string of the molecule is CC(C)=CC(=O)N(Br)C=O. The van der Waals surface area contributed by atoms with Crippen LogP contribution in [0.2, 0.25) is 0 Å². The highest BCUT2D eigenvalue weighted by Crippen LogP contribution is 1.97. The maximum absolute atomic E-state index is 10.8. The third kappa shape index (κ3) is 3.40. The summed E-state index contributed by atoms with van der Waals surface area (Å²) in [6, 6.07) is 0. The van der Waals surface area contributed by atoms with Crippen LogP contribution in [0.25, 0.3) is 0 Å². The van der Waals surface area contributed by atoms with Crippen molar-refractivity contribution >= 4 is 28.5 Å². The van der Waals surface area contributed by atoms with E-state index in [-0.39, 0.29) is 5.91 Å². The second-order valence-electron chi connectivity index (χ2n) is 1.98. The molecule has 0 atom stereocenters. The quantitative estimate of drug-likeness (QED) is 0.387. The van der Waals surface area contributed by atoms with E-state index in [2.05, 4.69) is 16.1 Å². The highest BCUT2D eigenvalue weighted by Gasteiger charge is 2.03. The second-order valence-corrected chi connectivity index (χ2v) is 2.74. The highest BCUT2D eigenvalue weighted by molar-refractivity contribution is 9.08. The van der Waals surface area contributed by atoms with Gasteiger partial charge >= 0.3 is 0 Å². The molecule has 0 heterocycles. The first kappa shape index (κ1) is 9.36. The normalized spacial score (nSPS) is 8.30. The molecule has 0 aromatic heterocycles. The van der Waals surface area contributed by atoms with Crippen molar-refractivity contribution in [2.24, 2.45) is 0 Å². The van der Waals surface area contributed by atoms with Crippen LogP contribution in [0.3, 0.4) is 0 Å². The molecule has 0 aromatic rings. The van der Waals surface area contributed by atoms with Gasteiger partial charge in [-0.15, -0.1) is 0 Å². The van der Waals surface area contributed by atoms with Crippen LogP contribution in [0.15, 0.2) is 11.6 Å². The van der Waals surface area contributed by atoms with Crippen LogP contribution in [0, 0.1) is 0 Å². The van der Waals surface area contributed by atoms with Gasteiger partial charge in [0.2, 0.25) is 6.41 Å². The third-order valence-corrected chi connectivity index (χ3v) is 1.23. The molecule has 0 aliphatic heterocycles. The number of nitrogens with zero attached hydrogens (tertiary/aromatic N) is 1. The van der Waals surface area contributed by atoms with E-state index in [0.717, 1.165) is 9.50 Å². The van der Waals surface area contributed by atoms with E-state index >= 15 is 0 Å². The lowest BCUT2D eigenvalue weighted by atomic mass is 10.3. The molecule has 0 aliphatic rings. The number of hydrogen-bond donors (Lipinski definition) is 0. The molecule has 0 aromatic carbocycles. The lowest BCUT2D eigenvalue weighted by Crippen LogP contribution is -2.16. The molecule has 0 radical (unpaired) electrons. The Kier molecular flexibility index (Phi) is 3.95. The fourth-order valence-electron chi connectivity index (χ4n) is 0.361. The van der Waals surface area contributed by atoms with Crippen LogP contribution in [0.1, 0.15) is 13.8 Å². The first-order valence-corrected chi connectivity index (χ1v) is 3.38. The Labute approximate surface area is 68.0 Å². The van der Waals surface area contributed by atoms with Crippen LogP contribution in [0.5, 0.6) is 0 Å². The van der Waals surface area contributed by atoms with Gasteiger partial charge in [0.05, 0.1) is 16.1 Å². The second kappa shape index (κ2) is 4.22. The molecule has 0 saturated carbocycles. The van der Waals surface area contributed by atoms with Gasteiger partial charge in [-0.3, -0.25) is 9.59 Å². The van der Waals surface area contributed by atoms with Crippen LogP contribution in [-0.4, -0.2) is 16.2 Å². The van der Waals surface area contributed by atoms with Crippen LogP contribution >= 0.6 is 16.1 Å². The molecular weight excluding hydrogens is 198 g/mol. The molecule has 0 saturated heterocycles. The molecule has 0 rings (SSSR count). The standard InChI is InChI=1S/C6H8BrNO2/c1-5(2)3-6(10)8(7)4-9/h3-4H,1-2H3. The monoisotopic (exact) mass is 205 g/mol. The number of hydrogen-bond acceptors (Lipinski definition) is 2.